The van der Waals surface area contributed by atoms with Crippen LogP contribution < -0.4 is 5.32 Å². The molecule has 18 heavy (non-hydrogen) atoms. The Balaban J connectivity index is 1.62. The van der Waals surface area contributed by atoms with Crippen LogP contribution in [0.1, 0.15) is 17.8 Å². The molecule has 0 bridgehead atoms. The van der Waals surface area contributed by atoms with E-state index >= 15 is 0 Å². The molecule has 2 nitrogen and oxygen atoms in total. The highest BCUT2D eigenvalue weighted by molar-refractivity contribution is 7.15. The normalized spacial score (nSPS) is 14.9. The van der Waals surface area contributed by atoms with Crippen LogP contribution in [0.3, 0.4) is 0 Å². The summed E-state index contributed by atoms with van der Waals surface area (Å²) >= 11 is 1.67. The smallest absolute Gasteiger partial charge is 0.123 e. The SMILES string of the molecule is Fc1ccc(-c2cnc(CNCC3CC3)s2)cc1. The molecule has 2 aromatic rings. The summed E-state index contributed by atoms with van der Waals surface area (Å²) in [5.41, 5.74) is 1.03. The van der Waals surface area contributed by atoms with Crippen molar-refractivity contribution in [1.82, 2.24) is 10.3 Å². The molecule has 0 aliphatic heterocycles. The van der Waals surface area contributed by atoms with Gasteiger partial charge in [-0.15, -0.1) is 11.3 Å². The van der Waals surface area contributed by atoms with E-state index in [9.17, 15) is 4.39 Å². The van der Waals surface area contributed by atoms with E-state index in [1.54, 1.807) is 23.5 Å². The van der Waals surface area contributed by atoms with Gasteiger partial charge in [-0.05, 0) is 43.0 Å². The molecule has 1 aliphatic rings. The van der Waals surface area contributed by atoms with Gasteiger partial charge in [-0.1, -0.05) is 12.1 Å². The van der Waals surface area contributed by atoms with E-state index in [2.05, 4.69) is 10.3 Å². The lowest BCUT2D eigenvalue weighted by Crippen LogP contribution is -2.15. The van der Waals surface area contributed by atoms with E-state index in [1.807, 2.05) is 6.20 Å². The lowest BCUT2D eigenvalue weighted by Gasteiger charge is -1.99. The standard InChI is InChI=1S/C14H15FN2S/c15-12-5-3-11(4-6-12)13-8-17-14(18-13)9-16-7-10-1-2-10/h3-6,8,10,16H,1-2,7,9H2. The lowest BCUT2D eigenvalue weighted by molar-refractivity contribution is 0.628. The minimum atomic E-state index is -0.199. The topological polar surface area (TPSA) is 24.9 Å². The van der Waals surface area contributed by atoms with Crippen LogP contribution in [0.5, 0.6) is 0 Å². The van der Waals surface area contributed by atoms with Gasteiger partial charge in [0.25, 0.3) is 0 Å². The van der Waals surface area contributed by atoms with Crippen molar-refractivity contribution in [2.45, 2.75) is 19.4 Å². The van der Waals surface area contributed by atoms with Crippen molar-refractivity contribution in [2.75, 3.05) is 6.54 Å². The van der Waals surface area contributed by atoms with Crippen LogP contribution in [0.2, 0.25) is 0 Å². The molecule has 0 atom stereocenters. The second-order valence-electron chi connectivity index (χ2n) is 4.70. The van der Waals surface area contributed by atoms with Crippen molar-refractivity contribution >= 4 is 11.3 Å². The van der Waals surface area contributed by atoms with Gasteiger partial charge in [-0.3, -0.25) is 0 Å². The van der Waals surface area contributed by atoms with Crippen molar-refractivity contribution in [3.05, 3.63) is 41.3 Å². The fourth-order valence-corrected chi connectivity index (χ4v) is 2.74. The van der Waals surface area contributed by atoms with Crippen molar-refractivity contribution in [3.8, 4) is 10.4 Å². The van der Waals surface area contributed by atoms with Gasteiger partial charge in [0.15, 0.2) is 0 Å². The molecule has 1 aliphatic carbocycles. The van der Waals surface area contributed by atoms with Crippen LogP contribution in [0.25, 0.3) is 10.4 Å². The first kappa shape index (κ1) is 11.8. The van der Waals surface area contributed by atoms with E-state index < -0.39 is 0 Å². The lowest BCUT2D eigenvalue weighted by atomic mass is 10.2. The zero-order valence-electron chi connectivity index (χ0n) is 10.0. The summed E-state index contributed by atoms with van der Waals surface area (Å²) in [6, 6.07) is 6.56. The number of nitrogens with zero attached hydrogens (tertiary/aromatic N) is 1. The number of thiazole rings is 1. The van der Waals surface area contributed by atoms with E-state index in [4.69, 9.17) is 0 Å². The van der Waals surface area contributed by atoms with Crippen LogP contribution in [0.15, 0.2) is 30.5 Å². The van der Waals surface area contributed by atoms with Gasteiger partial charge < -0.3 is 5.32 Å². The summed E-state index contributed by atoms with van der Waals surface area (Å²) in [6.45, 7) is 1.94. The largest absolute Gasteiger partial charge is 0.310 e. The second-order valence-corrected chi connectivity index (χ2v) is 5.81. The monoisotopic (exact) mass is 262 g/mol. The van der Waals surface area contributed by atoms with Crippen molar-refractivity contribution < 1.29 is 4.39 Å². The van der Waals surface area contributed by atoms with E-state index in [1.165, 1.54) is 25.0 Å². The Morgan fingerprint density at radius 3 is 2.78 bits per heavy atom. The number of hydrogen-bond donors (Lipinski definition) is 1. The van der Waals surface area contributed by atoms with Gasteiger partial charge in [0, 0.05) is 12.7 Å². The molecule has 0 radical (unpaired) electrons. The van der Waals surface area contributed by atoms with E-state index in [0.29, 0.717) is 0 Å². The third kappa shape index (κ3) is 2.94. The quantitative estimate of drug-likeness (QED) is 0.892. The predicted molar refractivity (Wildman–Crippen MR) is 71.9 cm³/mol. The van der Waals surface area contributed by atoms with Gasteiger partial charge >= 0.3 is 0 Å². The summed E-state index contributed by atoms with van der Waals surface area (Å²) in [5.74, 6) is 0.691. The molecule has 0 saturated heterocycles. The van der Waals surface area contributed by atoms with Crippen LogP contribution in [-0.4, -0.2) is 11.5 Å². The number of benzene rings is 1. The summed E-state index contributed by atoms with van der Waals surface area (Å²) in [4.78, 5) is 5.49. The van der Waals surface area contributed by atoms with Gasteiger partial charge in [0.1, 0.15) is 10.8 Å². The molecule has 4 heteroatoms. The van der Waals surface area contributed by atoms with E-state index in [-0.39, 0.29) is 5.82 Å². The molecule has 1 aromatic heterocycles. The first-order valence-electron chi connectivity index (χ1n) is 6.22. The van der Waals surface area contributed by atoms with E-state index in [0.717, 1.165) is 34.5 Å². The minimum Gasteiger partial charge on any atom is -0.310 e. The maximum Gasteiger partial charge on any atom is 0.123 e. The number of aromatic nitrogens is 1. The fourth-order valence-electron chi connectivity index (χ4n) is 1.84. The second kappa shape index (κ2) is 5.16. The first-order valence-corrected chi connectivity index (χ1v) is 7.04. The highest BCUT2D eigenvalue weighted by Gasteiger charge is 2.20. The maximum absolute atomic E-state index is 12.8. The third-order valence-electron chi connectivity index (χ3n) is 3.09. The summed E-state index contributed by atoms with van der Waals surface area (Å²) < 4.78 is 12.8. The molecule has 1 heterocycles. The highest BCUT2D eigenvalue weighted by atomic mass is 32.1. The van der Waals surface area contributed by atoms with Gasteiger partial charge in [-0.2, -0.15) is 0 Å². The Kier molecular flexibility index (Phi) is 3.39. The Morgan fingerprint density at radius 2 is 2.06 bits per heavy atom. The molecule has 1 N–H and O–H groups in total. The number of nitrogens with one attached hydrogen (secondary N) is 1. The fraction of sp³-hybridized carbons (Fsp3) is 0.357. The average molecular weight is 262 g/mol. The molecule has 0 amide bonds. The zero-order valence-corrected chi connectivity index (χ0v) is 10.8. The van der Waals surface area contributed by atoms with Crippen LogP contribution in [-0.2, 0) is 6.54 Å². The third-order valence-corrected chi connectivity index (χ3v) is 4.13. The van der Waals surface area contributed by atoms with Crippen LogP contribution >= 0.6 is 11.3 Å². The number of halogens is 1. The minimum absolute atomic E-state index is 0.199. The molecule has 1 fully saturated rings. The number of rotatable bonds is 5. The Labute approximate surface area is 110 Å². The Bertz CT molecular complexity index is 517. The molecule has 3 rings (SSSR count). The van der Waals surface area contributed by atoms with Crippen molar-refractivity contribution in [1.29, 1.82) is 0 Å². The predicted octanol–water partition coefficient (Wildman–Crippen LogP) is 3.45. The zero-order chi connectivity index (χ0) is 12.4. The summed E-state index contributed by atoms with van der Waals surface area (Å²) in [6.07, 6.45) is 4.60. The molecule has 1 aromatic carbocycles. The Hall–Kier alpha value is -1.26. The van der Waals surface area contributed by atoms with Crippen LogP contribution in [0, 0.1) is 11.7 Å². The molecule has 94 valence electrons. The molecule has 0 spiro atoms. The maximum atomic E-state index is 12.8. The molecule has 1 saturated carbocycles. The summed E-state index contributed by atoms with van der Waals surface area (Å²) in [5, 5.41) is 4.52. The average Bonchev–Trinajstić information content (AvgIpc) is 3.08. The van der Waals surface area contributed by atoms with Crippen molar-refractivity contribution in [2.24, 2.45) is 5.92 Å². The summed E-state index contributed by atoms with van der Waals surface area (Å²) in [7, 11) is 0. The molecular formula is C14H15FN2S. The molecule has 0 unspecified atom stereocenters. The van der Waals surface area contributed by atoms with Crippen molar-refractivity contribution in [3.63, 3.8) is 0 Å². The van der Waals surface area contributed by atoms with Gasteiger partial charge in [0.2, 0.25) is 0 Å². The highest BCUT2D eigenvalue weighted by Crippen LogP contribution is 2.28. The molecular weight excluding hydrogens is 247 g/mol. The Morgan fingerprint density at radius 1 is 1.28 bits per heavy atom. The van der Waals surface area contributed by atoms with Crippen LogP contribution in [0.4, 0.5) is 4.39 Å². The first-order chi connectivity index (χ1) is 8.81. The number of hydrogen-bond acceptors (Lipinski definition) is 3. The van der Waals surface area contributed by atoms with Gasteiger partial charge in [-0.25, -0.2) is 9.37 Å². The van der Waals surface area contributed by atoms with Gasteiger partial charge in [0.05, 0.1) is 4.88 Å².